The fourth-order valence-corrected chi connectivity index (χ4v) is 3.73. The Kier molecular flexibility index (Phi) is 6.36. The highest BCUT2D eigenvalue weighted by molar-refractivity contribution is 8.03. The number of hydrogen-bond donors (Lipinski definition) is 1. The van der Waals surface area contributed by atoms with E-state index in [1.54, 1.807) is 0 Å². The smallest absolute Gasteiger partial charge is 0.234 e. The maximum absolute atomic E-state index is 12.3. The van der Waals surface area contributed by atoms with Crippen LogP contribution in [0.25, 0.3) is 0 Å². The summed E-state index contributed by atoms with van der Waals surface area (Å²) in [5.41, 5.74) is 5.26. The van der Waals surface area contributed by atoms with Gasteiger partial charge in [-0.3, -0.25) is 4.79 Å². The first-order chi connectivity index (χ1) is 11.4. The van der Waals surface area contributed by atoms with E-state index in [4.69, 9.17) is 5.26 Å². The van der Waals surface area contributed by atoms with Gasteiger partial charge in [0.05, 0.1) is 5.75 Å². The van der Waals surface area contributed by atoms with Crippen LogP contribution in [0.4, 0.5) is 5.69 Å². The molecule has 24 heavy (non-hydrogen) atoms. The first-order valence-electron chi connectivity index (χ1n) is 7.58. The number of thioether (sulfide) groups is 2. The highest BCUT2D eigenvalue weighted by Crippen LogP contribution is 2.28. The quantitative estimate of drug-likeness (QED) is 0.589. The van der Waals surface area contributed by atoms with Crippen LogP contribution in [-0.2, 0) is 4.79 Å². The predicted molar refractivity (Wildman–Crippen MR) is 103 cm³/mol. The Morgan fingerprint density at radius 1 is 1.00 bits per heavy atom. The number of thiocyanates is 1. The van der Waals surface area contributed by atoms with E-state index in [0.29, 0.717) is 5.75 Å². The molecule has 0 aliphatic heterocycles. The van der Waals surface area contributed by atoms with E-state index in [9.17, 15) is 4.79 Å². The van der Waals surface area contributed by atoms with Crippen LogP contribution >= 0.6 is 23.5 Å². The number of nitriles is 1. The van der Waals surface area contributed by atoms with Gasteiger partial charge in [0.2, 0.25) is 5.91 Å². The lowest BCUT2D eigenvalue weighted by Gasteiger charge is -2.13. The average Bonchev–Trinajstić information content (AvgIpc) is 2.52. The topological polar surface area (TPSA) is 52.9 Å². The van der Waals surface area contributed by atoms with Crippen LogP contribution in [0.1, 0.15) is 22.3 Å². The summed E-state index contributed by atoms with van der Waals surface area (Å²) in [6.07, 6.45) is 0. The van der Waals surface area contributed by atoms with Crippen LogP contribution in [0.15, 0.2) is 40.1 Å². The zero-order valence-corrected chi connectivity index (χ0v) is 15.9. The van der Waals surface area contributed by atoms with Crippen molar-refractivity contribution < 1.29 is 4.79 Å². The summed E-state index contributed by atoms with van der Waals surface area (Å²) in [5, 5.41) is 13.8. The molecule has 0 saturated carbocycles. The molecule has 0 aromatic heterocycles. The number of hydrogen-bond acceptors (Lipinski definition) is 4. The summed E-state index contributed by atoms with van der Waals surface area (Å²) in [6.45, 7) is 8.05. The van der Waals surface area contributed by atoms with Gasteiger partial charge in [0.25, 0.3) is 0 Å². The predicted octanol–water partition coefficient (Wildman–Crippen LogP) is 5.22. The summed E-state index contributed by atoms with van der Waals surface area (Å²) in [6, 6.07) is 10.1. The van der Waals surface area contributed by atoms with Crippen molar-refractivity contribution in [2.24, 2.45) is 0 Å². The molecule has 0 unspecified atom stereocenters. The molecule has 2 rings (SSSR count). The van der Waals surface area contributed by atoms with Crippen LogP contribution in [0.5, 0.6) is 0 Å². The molecule has 0 spiro atoms. The maximum Gasteiger partial charge on any atom is 0.234 e. The van der Waals surface area contributed by atoms with Crippen molar-refractivity contribution in [1.82, 2.24) is 0 Å². The summed E-state index contributed by atoms with van der Waals surface area (Å²) in [7, 11) is 0. The molecule has 1 N–H and O–H groups in total. The molecule has 0 radical (unpaired) electrons. The molecule has 2 aromatic carbocycles. The second-order valence-corrected chi connectivity index (χ2v) is 7.62. The van der Waals surface area contributed by atoms with Crippen molar-refractivity contribution in [3.63, 3.8) is 0 Å². The normalized spacial score (nSPS) is 10.3. The second kappa shape index (κ2) is 8.27. The van der Waals surface area contributed by atoms with Crippen molar-refractivity contribution in [1.29, 1.82) is 5.26 Å². The molecule has 3 nitrogen and oxygen atoms in total. The van der Waals surface area contributed by atoms with E-state index < -0.39 is 0 Å². The molecule has 2 aromatic rings. The van der Waals surface area contributed by atoms with Crippen molar-refractivity contribution in [2.75, 3.05) is 11.1 Å². The Labute approximate surface area is 151 Å². The van der Waals surface area contributed by atoms with Crippen molar-refractivity contribution in [3.05, 3.63) is 52.6 Å². The lowest BCUT2D eigenvalue weighted by molar-refractivity contribution is -0.113. The van der Waals surface area contributed by atoms with Crippen molar-refractivity contribution in [2.45, 2.75) is 37.5 Å². The Morgan fingerprint density at radius 3 is 2.21 bits per heavy atom. The molecule has 0 bridgehead atoms. The number of carbonyl (C=O) groups is 1. The van der Waals surface area contributed by atoms with Crippen molar-refractivity contribution in [3.8, 4) is 5.40 Å². The molecule has 0 saturated heterocycles. The summed E-state index contributed by atoms with van der Waals surface area (Å²) >= 11 is 2.66. The highest BCUT2D eigenvalue weighted by atomic mass is 32.2. The number of nitrogens with one attached hydrogen (secondary N) is 1. The van der Waals surface area contributed by atoms with Gasteiger partial charge in [-0.2, -0.15) is 5.26 Å². The summed E-state index contributed by atoms with van der Waals surface area (Å²) in [4.78, 5) is 14.3. The zero-order chi connectivity index (χ0) is 17.7. The lowest BCUT2D eigenvalue weighted by Crippen LogP contribution is -2.15. The maximum atomic E-state index is 12.3. The number of benzene rings is 2. The van der Waals surface area contributed by atoms with Crippen LogP contribution in [0.3, 0.4) is 0 Å². The third-order valence-electron chi connectivity index (χ3n) is 3.78. The number of carbonyl (C=O) groups excluding carboxylic acids is 1. The van der Waals surface area contributed by atoms with Gasteiger partial charge in [0.1, 0.15) is 5.40 Å². The van der Waals surface area contributed by atoms with Crippen LogP contribution in [0.2, 0.25) is 0 Å². The number of nitrogens with zero attached hydrogens (tertiary/aromatic N) is 1. The van der Waals surface area contributed by atoms with E-state index in [1.165, 1.54) is 22.9 Å². The molecule has 124 valence electrons. The molecule has 0 heterocycles. The second-order valence-electron chi connectivity index (χ2n) is 5.71. The van der Waals surface area contributed by atoms with Gasteiger partial charge in [-0.1, -0.05) is 6.07 Å². The van der Waals surface area contributed by atoms with E-state index in [1.807, 2.05) is 32.0 Å². The number of aryl methyl sites for hydroxylation is 4. The first-order valence-corrected chi connectivity index (χ1v) is 9.38. The molecule has 0 atom stereocenters. The molecule has 0 fully saturated rings. The molecule has 5 heteroatoms. The minimum atomic E-state index is -0.0230. The standard InChI is InChI=1S/C19H20N2OS2/c1-12-5-6-16(7-13(12)2)23-10-18(22)21-19-14(3)8-17(24-11-20)9-15(19)4/h5-9H,10H2,1-4H3,(H,21,22). The van der Waals surface area contributed by atoms with E-state index in [-0.39, 0.29) is 5.91 Å². The molecule has 0 aliphatic carbocycles. The Hall–Kier alpha value is -1.90. The summed E-state index contributed by atoms with van der Waals surface area (Å²) < 4.78 is 0. The fourth-order valence-electron chi connectivity index (χ4n) is 2.36. The Morgan fingerprint density at radius 2 is 1.62 bits per heavy atom. The van der Waals surface area contributed by atoms with Gasteiger partial charge in [-0.05, 0) is 86.0 Å². The number of rotatable bonds is 5. The lowest BCUT2D eigenvalue weighted by atomic mass is 10.1. The van der Waals surface area contributed by atoms with Gasteiger partial charge >= 0.3 is 0 Å². The fraction of sp³-hybridized carbons (Fsp3) is 0.263. The van der Waals surface area contributed by atoms with E-state index >= 15 is 0 Å². The van der Waals surface area contributed by atoms with Gasteiger partial charge in [-0.15, -0.1) is 11.8 Å². The van der Waals surface area contributed by atoms with Crippen molar-refractivity contribution >= 4 is 35.1 Å². The minimum absolute atomic E-state index is 0.0230. The molecular weight excluding hydrogens is 336 g/mol. The van der Waals surface area contributed by atoms with E-state index in [2.05, 4.69) is 36.7 Å². The van der Waals surface area contributed by atoms with Gasteiger partial charge in [0.15, 0.2) is 0 Å². The summed E-state index contributed by atoms with van der Waals surface area (Å²) in [5.74, 6) is 0.348. The van der Waals surface area contributed by atoms with Crippen LogP contribution in [0, 0.1) is 38.4 Å². The SMILES string of the molecule is Cc1ccc(SCC(=O)Nc2c(C)cc(SC#N)cc2C)cc1C. The van der Waals surface area contributed by atoms with Gasteiger partial charge in [0, 0.05) is 15.5 Å². The largest absolute Gasteiger partial charge is 0.325 e. The van der Waals surface area contributed by atoms with Crippen LogP contribution < -0.4 is 5.32 Å². The van der Waals surface area contributed by atoms with Gasteiger partial charge < -0.3 is 5.32 Å². The number of amides is 1. The first kappa shape index (κ1) is 18.4. The zero-order valence-electron chi connectivity index (χ0n) is 14.3. The highest BCUT2D eigenvalue weighted by Gasteiger charge is 2.10. The minimum Gasteiger partial charge on any atom is -0.325 e. The Bertz CT molecular complexity index is 786. The van der Waals surface area contributed by atoms with Crippen LogP contribution in [-0.4, -0.2) is 11.7 Å². The Balaban J connectivity index is 2.02. The molecule has 1 amide bonds. The monoisotopic (exact) mass is 356 g/mol. The molecular formula is C19H20N2OS2. The number of anilines is 1. The van der Waals surface area contributed by atoms with Gasteiger partial charge in [-0.25, -0.2) is 0 Å². The third-order valence-corrected chi connectivity index (χ3v) is 5.34. The molecule has 0 aliphatic rings. The van der Waals surface area contributed by atoms with E-state index in [0.717, 1.165) is 38.4 Å². The average molecular weight is 357 g/mol. The third kappa shape index (κ3) is 4.80.